The number of hydrogen-bond acceptors (Lipinski definition) is 2. The molecule has 0 spiro atoms. The Morgan fingerprint density at radius 3 is 2.62 bits per heavy atom. The van der Waals surface area contributed by atoms with Crippen molar-refractivity contribution in [2.45, 2.75) is 6.42 Å². The Hall–Kier alpha value is -0.00260. The Morgan fingerprint density at radius 2 is 2.00 bits per heavy atom. The van der Waals surface area contributed by atoms with Crippen LogP contribution in [0.1, 0.15) is 12.0 Å². The SMILES string of the molecule is [Li+].c1ccc([C-]2OCCCS2)cc1. The van der Waals surface area contributed by atoms with Crippen molar-refractivity contribution in [3.8, 4) is 0 Å². The second-order valence-electron chi connectivity index (χ2n) is 2.70. The van der Waals surface area contributed by atoms with Crippen LogP contribution in [0.25, 0.3) is 0 Å². The Balaban J connectivity index is 0.000000845. The van der Waals surface area contributed by atoms with Crippen LogP contribution in [0.4, 0.5) is 0 Å². The van der Waals surface area contributed by atoms with E-state index in [1.165, 1.54) is 17.7 Å². The van der Waals surface area contributed by atoms with Crippen LogP contribution in [0.5, 0.6) is 0 Å². The van der Waals surface area contributed by atoms with Crippen molar-refractivity contribution in [3.05, 3.63) is 41.3 Å². The first kappa shape index (κ1) is 11.1. The summed E-state index contributed by atoms with van der Waals surface area (Å²) in [5.41, 5.74) is 2.30. The van der Waals surface area contributed by atoms with Gasteiger partial charge in [0.1, 0.15) is 0 Å². The second kappa shape index (κ2) is 5.67. The van der Waals surface area contributed by atoms with Crippen molar-refractivity contribution in [1.82, 2.24) is 0 Å². The van der Waals surface area contributed by atoms with E-state index in [2.05, 4.69) is 12.1 Å². The molecule has 1 fully saturated rings. The van der Waals surface area contributed by atoms with Crippen LogP contribution in [-0.4, -0.2) is 12.4 Å². The first-order valence-corrected chi connectivity index (χ1v) is 5.13. The van der Waals surface area contributed by atoms with Gasteiger partial charge in [-0.05, 0) is 12.2 Å². The molecule has 1 aromatic carbocycles. The molecule has 13 heavy (non-hydrogen) atoms. The van der Waals surface area contributed by atoms with Crippen molar-refractivity contribution in [2.75, 3.05) is 12.4 Å². The summed E-state index contributed by atoms with van der Waals surface area (Å²) in [6.07, 6.45) is 1.17. The molecular formula is C10H11LiOS. The summed E-state index contributed by atoms with van der Waals surface area (Å²) in [7, 11) is 0. The molecule has 1 saturated heterocycles. The average molecular weight is 186 g/mol. The van der Waals surface area contributed by atoms with Gasteiger partial charge in [-0.15, -0.1) is 12.1 Å². The van der Waals surface area contributed by atoms with Crippen LogP contribution in [0.15, 0.2) is 30.3 Å². The van der Waals surface area contributed by atoms with E-state index in [0.717, 1.165) is 12.0 Å². The topological polar surface area (TPSA) is 9.23 Å². The minimum Gasteiger partial charge on any atom is -0.399 e. The third-order valence-corrected chi connectivity index (χ3v) is 2.87. The normalized spacial score (nSPS) is 16.5. The molecule has 3 heteroatoms. The minimum absolute atomic E-state index is 0. The van der Waals surface area contributed by atoms with Crippen LogP contribution >= 0.6 is 11.8 Å². The molecule has 0 amide bonds. The Bertz CT molecular complexity index is 234. The van der Waals surface area contributed by atoms with E-state index < -0.39 is 0 Å². The van der Waals surface area contributed by atoms with E-state index in [1.807, 2.05) is 30.0 Å². The fourth-order valence-corrected chi connectivity index (χ4v) is 2.09. The molecule has 0 bridgehead atoms. The van der Waals surface area contributed by atoms with Gasteiger partial charge < -0.3 is 4.74 Å². The molecule has 1 aliphatic heterocycles. The summed E-state index contributed by atoms with van der Waals surface area (Å²) in [4.78, 5) is 0. The molecule has 2 rings (SSSR count). The van der Waals surface area contributed by atoms with Crippen LogP contribution in [0, 0.1) is 5.44 Å². The molecule has 0 N–H and O–H groups in total. The van der Waals surface area contributed by atoms with Gasteiger partial charge in [-0.1, -0.05) is 6.07 Å². The molecule has 64 valence electrons. The van der Waals surface area contributed by atoms with Gasteiger partial charge in [-0.3, -0.25) is 0 Å². The fraction of sp³-hybridized carbons (Fsp3) is 0.300. The van der Waals surface area contributed by atoms with Crippen molar-refractivity contribution in [3.63, 3.8) is 0 Å². The Morgan fingerprint density at radius 1 is 1.23 bits per heavy atom. The van der Waals surface area contributed by atoms with Crippen LogP contribution in [0.2, 0.25) is 0 Å². The summed E-state index contributed by atoms with van der Waals surface area (Å²) in [6.45, 7) is 0.872. The van der Waals surface area contributed by atoms with E-state index in [4.69, 9.17) is 4.74 Å². The van der Waals surface area contributed by atoms with Crippen LogP contribution < -0.4 is 18.9 Å². The number of thioether (sulfide) groups is 1. The maximum atomic E-state index is 5.54. The predicted molar refractivity (Wildman–Crippen MR) is 51.8 cm³/mol. The summed E-state index contributed by atoms with van der Waals surface area (Å²) >= 11 is 1.81. The third kappa shape index (κ3) is 3.00. The Kier molecular flexibility index (Phi) is 4.83. The van der Waals surface area contributed by atoms with Gasteiger partial charge in [0.25, 0.3) is 0 Å². The molecule has 1 aromatic rings. The van der Waals surface area contributed by atoms with Gasteiger partial charge in [0.2, 0.25) is 0 Å². The van der Waals surface area contributed by atoms with Gasteiger partial charge in [0.05, 0.1) is 0 Å². The maximum Gasteiger partial charge on any atom is 1.00 e. The molecule has 0 unspecified atom stereocenters. The fourth-order valence-electron chi connectivity index (χ4n) is 1.17. The zero-order valence-corrected chi connectivity index (χ0v) is 8.64. The monoisotopic (exact) mass is 186 g/mol. The third-order valence-electron chi connectivity index (χ3n) is 1.76. The van der Waals surface area contributed by atoms with Crippen molar-refractivity contribution in [1.29, 1.82) is 0 Å². The standard InChI is InChI=1S/C10H11OS.Li/c1-2-5-9(6-3-1)10-11-7-4-8-12-10;/h1-3,5-6H,4,7-8H2;/q-1;+1. The summed E-state index contributed by atoms with van der Waals surface area (Å²) in [5, 5.41) is 0. The van der Waals surface area contributed by atoms with E-state index in [1.54, 1.807) is 0 Å². The van der Waals surface area contributed by atoms with Gasteiger partial charge in [0, 0.05) is 12.0 Å². The van der Waals surface area contributed by atoms with Crippen molar-refractivity contribution < 1.29 is 23.6 Å². The first-order chi connectivity index (χ1) is 5.97. The molecule has 1 nitrogen and oxygen atoms in total. The molecule has 1 heterocycles. The van der Waals surface area contributed by atoms with E-state index in [0.29, 0.717) is 0 Å². The second-order valence-corrected chi connectivity index (χ2v) is 3.77. The predicted octanol–water partition coefficient (Wildman–Crippen LogP) is -0.318. The van der Waals surface area contributed by atoms with Gasteiger partial charge >= 0.3 is 18.9 Å². The molecule has 0 aliphatic carbocycles. The van der Waals surface area contributed by atoms with Gasteiger partial charge in [-0.2, -0.15) is 29.5 Å². The minimum atomic E-state index is 0. The zero-order valence-electron chi connectivity index (χ0n) is 7.82. The van der Waals surface area contributed by atoms with Gasteiger partial charge in [-0.25, -0.2) is 0 Å². The van der Waals surface area contributed by atoms with Crippen molar-refractivity contribution >= 4 is 11.8 Å². The first-order valence-electron chi connectivity index (χ1n) is 4.15. The molecular weight excluding hydrogens is 175 g/mol. The molecule has 1 aliphatic rings. The summed E-state index contributed by atoms with van der Waals surface area (Å²) < 4.78 is 5.54. The van der Waals surface area contributed by atoms with E-state index >= 15 is 0 Å². The van der Waals surface area contributed by atoms with Crippen LogP contribution in [0.3, 0.4) is 0 Å². The zero-order chi connectivity index (χ0) is 8.23. The van der Waals surface area contributed by atoms with E-state index in [9.17, 15) is 0 Å². The smallest absolute Gasteiger partial charge is 0.399 e. The molecule has 0 saturated carbocycles. The number of ether oxygens (including phenoxy) is 1. The molecule has 0 aromatic heterocycles. The number of hydrogen-bond donors (Lipinski definition) is 0. The Labute approximate surface area is 95.4 Å². The average Bonchev–Trinajstić information content (AvgIpc) is 2.21. The number of benzene rings is 1. The van der Waals surface area contributed by atoms with Crippen LogP contribution in [-0.2, 0) is 4.74 Å². The summed E-state index contributed by atoms with van der Waals surface area (Å²) in [6, 6.07) is 10.3. The molecule has 0 atom stereocenters. The quantitative estimate of drug-likeness (QED) is 0.439. The van der Waals surface area contributed by atoms with Crippen molar-refractivity contribution in [2.24, 2.45) is 0 Å². The largest absolute Gasteiger partial charge is 1.00 e. The summed E-state index contributed by atoms with van der Waals surface area (Å²) in [5.74, 6) is 1.18. The number of rotatable bonds is 1. The van der Waals surface area contributed by atoms with Gasteiger partial charge in [0.15, 0.2) is 0 Å². The van der Waals surface area contributed by atoms with E-state index in [-0.39, 0.29) is 18.9 Å². The maximum absolute atomic E-state index is 5.54. The molecule has 0 radical (unpaired) electrons.